The van der Waals surface area contributed by atoms with E-state index in [9.17, 15) is 4.79 Å². The van der Waals surface area contributed by atoms with Crippen LogP contribution in [0.3, 0.4) is 0 Å². The van der Waals surface area contributed by atoms with Crippen LogP contribution in [0.4, 0.5) is 0 Å². The van der Waals surface area contributed by atoms with Crippen LogP contribution in [0.25, 0.3) is 0 Å². The highest BCUT2D eigenvalue weighted by molar-refractivity contribution is 5.78. The molecular weight excluding hydrogens is 226 g/mol. The number of carbonyl (C=O) groups excluding carboxylic acids is 1. The quantitative estimate of drug-likeness (QED) is 0.753. The van der Waals surface area contributed by atoms with Crippen LogP contribution in [0.5, 0.6) is 0 Å². The van der Waals surface area contributed by atoms with Crippen LogP contribution in [-0.4, -0.2) is 43.0 Å². The van der Waals surface area contributed by atoms with Crippen molar-refractivity contribution in [3.63, 3.8) is 0 Å². The Labute approximate surface area is 111 Å². The van der Waals surface area contributed by atoms with Crippen molar-refractivity contribution in [1.29, 1.82) is 0 Å². The summed E-state index contributed by atoms with van der Waals surface area (Å²) in [5, 5.41) is 3.06. The van der Waals surface area contributed by atoms with E-state index in [0.29, 0.717) is 12.1 Å². The summed E-state index contributed by atoms with van der Waals surface area (Å²) < 4.78 is 0. The lowest BCUT2D eigenvalue weighted by atomic mass is 9.86. The van der Waals surface area contributed by atoms with E-state index in [2.05, 4.69) is 31.1 Å². The zero-order chi connectivity index (χ0) is 13.5. The molecule has 106 valence electrons. The van der Waals surface area contributed by atoms with Gasteiger partial charge < -0.3 is 16.0 Å². The van der Waals surface area contributed by atoms with E-state index in [1.54, 1.807) is 0 Å². The molecular formula is C14H29N3O. The topological polar surface area (TPSA) is 58.4 Å². The van der Waals surface area contributed by atoms with Gasteiger partial charge in [-0.2, -0.15) is 0 Å². The normalized spacial score (nSPS) is 26.1. The smallest absolute Gasteiger partial charge is 0.223 e. The van der Waals surface area contributed by atoms with Gasteiger partial charge in [0.2, 0.25) is 5.91 Å². The van der Waals surface area contributed by atoms with E-state index < -0.39 is 0 Å². The number of amides is 1. The van der Waals surface area contributed by atoms with Crippen LogP contribution < -0.4 is 11.1 Å². The molecule has 1 atom stereocenters. The molecule has 1 aliphatic rings. The third-order valence-electron chi connectivity index (χ3n) is 4.25. The summed E-state index contributed by atoms with van der Waals surface area (Å²) in [5.74, 6) is 0.415. The van der Waals surface area contributed by atoms with Gasteiger partial charge in [0.05, 0.1) is 0 Å². The van der Waals surface area contributed by atoms with Crippen molar-refractivity contribution in [2.75, 3.05) is 20.1 Å². The largest absolute Gasteiger partial charge is 0.355 e. The Morgan fingerprint density at radius 3 is 2.56 bits per heavy atom. The summed E-state index contributed by atoms with van der Waals surface area (Å²) in [6.07, 6.45) is 5.03. The summed E-state index contributed by atoms with van der Waals surface area (Å²) >= 11 is 0. The number of nitrogens with zero attached hydrogens (tertiary/aromatic N) is 1. The molecule has 0 aliphatic heterocycles. The van der Waals surface area contributed by atoms with Crippen molar-refractivity contribution in [3.05, 3.63) is 0 Å². The van der Waals surface area contributed by atoms with Gasteiger partial charge in [-0.1, -0.05) is 6.92 Å². The minimum atomic E-state index is 0.193. The highest BCUT2D eigenvalue weighted by Crippen LogP contribution is 2.22. The first-order valence-electron chi connectivity index (χ1n) is 7.28. The number of hydrogen-bond acceptors (Lipinski definition) is 3. The summed E-state index contributed by atoms with van der Waals surface area (Å²) in [5.41, 5.74) is 5.85. The zero-order valence-electron chi connectivity index (χ0n) is 12.1. The van der Waals surface area contributed by atoms with Crippen molar-refractivity contribution in [1.82, 2.24) is 10.2 Å². The highest BCUT2D eigenvalue weighted by Gasteiger charge is 2.24. The molecule has 0 saturated heterocycles. The third-order valence-corrected chi connectivity index (χ3v) is 4.25. The maximum Gasteiger partial charge on any atom is 0.223 e. The van der Waals surface area contributed by atoms with Crippen molar-refractivity contribution >= 4 is 5.91 Å². The summed E-state index contributed by atoms with van der Waals surface area (Å²) in [4.78, 5) is 14.2. The monoisotopic (exact) mass is 255 g/mol. The Balaban J connectivity index is 2.17. The lowest BCUT2D eigenvalue weighted by molar-refractivity contribution is -0.126. The Kier molecular flexibility index (Phi) is 6.65. The van der Waals surface area contributed by atoms with Crippen LogP contribution in [-0.2, 0) is 4.79 Å². The van der Waals surface area contributed by atoms with E-state index in [0.717, 1.165) is 45.2 Å². The van der Waals surface area contributed by atoms with Crippen LogP contribution >= 0.6 is 0 Å². The lowest BCUT2D eigenvalue weighted by Crippen LogP contribution is -2.40. The van der Waals surface area contributed by atoms with Crippen LogP contribution in [0.1, 0.15) is 46.0 Å². The fourth-order valence-electron chi connectivity index (χ4n) is 2.41. The van der Waals surface area contributed by atoms with Crippen LogP contribution in [0.2, 0.25) is 0 Å². The standard InChI is InChI=1S/C14H29N3O/c1-4-11(2)17(3)10-9-16-14(18)12-5-7-13(15)8-6-12/h11-13H,4-10,15H2,1-3H3,(H,16,18). The second-order valence-electron chi connectivity index (χ2n) is 5.64. The number of nitrogens with one attached hydrogen (secondary N) is 1. The van der Waals surface area contributed by atoms with Gasteiger partial charge in [0, 0.05) is 31.1 Å². The number of hydrogen-bond donors (Lipinski definition) is 2. The van der Waals surface area contributed by atoms with E-state index in [4.69, 9.17) is 5.73 Å². The first-order chi connectivity index (χ1) is 8.54. The average molecular weight is 255 g/mol. The minimum Gasteiger partial charge on any atom is -0.355 e. The maximum atomic E-state index is 12.0. The van der Waals surface area contributed by atoms with Gasteiger partial charge in [-0.3, -0.25) is 4.79 Å². The SMILES string of the molecule is CCC(C)N(C)CCNC(=O)C1CCC(N)CC1. The molecule has 4 nitrogen and oxygen atoms in total. The maximum absolute atomic E-state index is 12.0. The predicted molar refractivity (Wildman–Crippen MR) is 75.3 cm³/mol. The molecule has 0 radical (unpaired) electrons. The van der Waals surface area contributed by atoms with Gasteiger partial charge in [0.1, 0.15) is 0 Å². The second-order valence-corrected chi connectivity index (χ2v) is 5.64. The van der Waals surface area contributed by atoms with Crippen molar-refractivity contribution in [2.45, 2.75) is 58.0 Å². The number of likely N-dealkylation sites (N-methyl/N-ethyl adjacent to an activating group) is 1. The van der Waals surface area contributed by atoms with Crippen molar-refractivity contribution in [3.8, 4) is 0 Å². The highest BCUT2D eigenvalue weighted by atomic mass is 16.1. The molecule has 3 N–H and O–H groups in total. The fourth-order valence-corrected chi connectivity index (χ4v) is 2.41. The molecule has 1 unspecified atom stereocenters. The predicted octanol–water partition coefficient (Wildman–Crippen LogP) is 1.35. The Bertz CT molecular complexity index is 249. The van der Waals surface area contributed by atoms with E-state index >= 15 is 0 Å². The van der Waals surface area contributed by atoms with Crippen molar-refractivity contribution < 1.29 is 4.79 Å². The Morgan fingerprint density at radius 1 is 1.39 bits per heavy atom. The average Bonchev–Trinajstić information content (AvgIpc) is 2.38. The molecule has 0 aromatic rings. The van der Waals surface area contributed by atoms with E-state index in [1.807, 2.05) is 0 Å². The molecule has 4 heteroatoms. The lowest BCUT2D eigenvalue weighted by Gasteiger charge is -2.26. The van der Waals surface area contributed by atoms with Gasteiger partial charge in [0.25, 0.3) is 0 Å². The zero-order valence-corrected chi connectivity index (χ0v) is 12.1. The molecule has 0 spiro atoms. The molecule has 1 saturated carbocycles. The van der Waals surface area contributed by atoms with Gasteiger partial charge in [-0.05, 0) is 46.1 Å². The first kappa shape index (κ1) is 15.4. The first-order valence-corrected chi connectivity index (χ1v) is 7.28. The minimum absolute atomic E-state index is 0.193. The third kappa shape index (κ3) is 4.94. The molecule has 1 fully saturated rings. The Hall–Kier alpha value is -0.610. The van der Waals surface area contributed by atoms with E-state index in [1.165, 1.54) is 0 Å². The fraction of sp³-hybridized carbons (Fsp3) is 0.929. The molecule has 0 heterocycles. The van der Waals surface area contributed by atoms with Gasteiger partial charge in [0.15, 0.2) is 0 Å². The number of rotatable bonds is 6. The molecule has 0 aromatic carbocycles. The van der Waals surface area contributed by atoms with Gasteiger partial charge in [-0.25, -0.2) is 0 Å². The number of carbonyl (C=O) groups is 1. The summed E-state index contributed by atoms with van der Waals surface area (Å²) in [6.45, 7) is 6.07. The van der Waals surface area contributed by atoms with Crippen molar-refractivity contribution in [2.24, 2.45) is 11.7 Å². The molecule has 0 aromatic heterocycles. The molecule has 1 rings (SSSR count). The molecule has 18 heavy (non-hydrogen) atoms. The van der Waals surface area contributed by atoms with E-state index in [-0.39, 0.29) is 11.8 Å². The Morgan fingerprint density at radius 2 is 2.00 bits per heavy atom. The van der Waals surface area contributed by atoms with Crippen LogP contribution in [0, 0.1) is 5.92 Å². The summed E-state index contributed by atoms with van der Waals surface area (Å²) in [6, 6.07) is 0.889. The number of nitrogens with two attached hydrogens (primary N) is 1. The van der Waals surface area contributed by atoms with Gasteiger partial charge >= 0.3 is 0 Å². The second kappa shape index (κ2) is 7.74. The van der Waals surface area contributed by atoms with Crippen LogP contribution in [0.15, 0.2) is 0 Å². The molecule has 1 aliphatic carbocycles. The molecule has 1 amide bonds. The summed E-state index contributed by atoms with van der Waals surface area (Å²) in [7, 11) is 2.11. The molecule has 0 bridgehead atoms. The van der Waals surface area contributed by atoms with Gasteiger partial charge in [-0.15, -0.1) is 0 Å².